The van der Waals surface area contributed by atoms with Crippen molar-refractivity contribution in [1.82, 2.24) is 0 Å². The third-order valence-corrected chi connectivity index (χ3v) is 8.82. The summed E-state index contributed by atoms with van der Waals surface area (Å²) in [7, 11) is 0. The first-order valence-electron chi connectivity index (χ1n) is 14.2. The quantitative estimate of drug-likeness (QED) is 0.248. The minimum absolute atomic E-state index is 0.0572. The normalized spacial score (nSPS) is 18.8. The minimum Gasteiger partial charge on any atom is -0.344 e. The van der Waals surface area contributed by atoms with Crippen molar-refractivity contribution >= 4 is 38.6 Å². The van der Waals surface area contributed by atoms with Crippen LogP contribution in [0.4, 0.5) is 11.4 Å². The first kappa shape index (κ1) is 24.7. The van der Waals surface area contributed by atoms with Crippen molar-refractivity contribution in [1.29, 1.82) is 0 Å². The highest BCUT2D eigenvalue weighted by atomic mass is 15.2. The smallest absolute Gasteiger partial charge is 0.217 e. The molecule has 2 aliphatic rings. The summed E-state index contributed by atoms with van der Waals surface area (Å²) < 4.78 is 2.58. The number of likely N-dealkylation sites (N-methyl/N-ethyl adjacent to an activating group) is 1. The van der Waals surface area contributed by atoms with E-state index in [1.807, 2.05) is 0 Å². The number of anilines is 1. The topological polar surface area (TPSA) is 6.25 Å². The molecule has 0 bridgehead atoms. The Morgan fingerprint density at radius 3 is 2.05 bits per heavy atom. The highest BCUT2D eigenvalue weighted by molar-refractivity contribution is 6.07. The average Bonchev–Trinajstić information content (AvgIpc) is 3.28. The van der Waals surface area contributed by atoms with Gasteiger partial charge in [0, 0.05) is 41.1 Å². The molecule has 0 N–H and O–H groups in total. The molecule has 0 unspecified atom stereocenters. The van der Waals surface area contributed by atoms with Crippen LogP contribution in [0.1, 0.15) is 59.1 Å². The lowest BCUT2D eigenvalue weighted by molar-refractivity contribution is -0.436. The van der Waals surface area contributed by atoms with Crippen LogP contribution < -0.4 is 4.90 Å². The average molecular weight is 500 g/mol. The predicted molar refractivity (Wildman–Crippen MR) is 164 cm³/mol. The van der Waals surface area contributed by atoms with E-state index < -0.39 is 0 Å². The zero-order valence-corrected chi connectivity index (χ0v) is 23.7. The molecule has 0 aromatic heterocycles. The predicted octanol–water partition coefficient (Wildman–Crippen LogP) is 9.04. The monoisotopic (exact) mass is 499 g/mol. The Labute approximate surface area is 227 Å². The van der Waals surface area contributed by atoms with Gasteiger partial charge in [0.1, 0.15) is 6.54 Å². The van der Waals surface area contributed by atoms with Crippen LogP contribution in [-0.2, 0) is 10.8 Å². The maximum atomic E-state index is 2.58. The summed E-state index contributed by atoms with van der Waals surface area (Å²) >= 11 is 0. The molecule has 192 valence electrons. The molecule has 0 saturated carbocycles. The number of rotatable bonds is 5. The van der Waals surface area contributed by atoms with Crippen LogP contribution in [0.5, 0.6) is 0 Å². The zero-order chi connectivity index (χ0) is 26.7. The molecule has 4 aromatic carbocycles. The summed E-state index contributed by atoms with van der Waals surface area (Å²) in [5.74, 6) is 0. The summed E-state index contributed by atoms with van der Waals surface area (Å²) in [6.07, 6.45) is 8.16. The molecule has 38 heavy (non-hydrogen) atoms. The lowest BCUT2D eigenvalue weighted by Crippen LogP contribution is -2.28. The summed E-state index contributed by atoms with van der Waals surface area (Å²) in [6, 6.07) is 26.9. The Morgan fingerprint density at radius 2 is 1.37 bits per heavy atom. The van der Waals surface area contributed by atoms with Gasteiger partial charge >= 0.3 is 0 Å². The van der Waals surface area contributed by atoms with Crippen molar-refractivity contribution in [3.63, 3.8) is 0 Å². The van der Waals surface area contributed by atoms with Crippen LogP contribution >= 0.6 is 0 Å². The fraction of sp³-hybridized carbons (Fsp3) is 0.306. The molecule has 0 radical (unpaired) electrons. The summed E-state index contributed by atoms with van der Waals surface area (Å²) in [5.41, 5.74) is 8.22. The van der Waals surface area contributed by atoms with Gasteiger partial charge in [0.2, 0.25) is 5.69 Å². The van der Waals surface area contributed by atoms with E-state index >= 15 is 0 Å². The van der Waals surface area contributed by atoms with Gasteiger partial charge in [0.15, 0.2) is 5.71 Å². The molecule has 0 saturated heterocycles. The summed E-state index contributed by atoms with van der Waals surface area (Å²) in [6.45, 7) is 16.0. The molecule has 6 rings (SSSR count). The number of hydrogen-bond acceptors (Lipinski definition) is 1. The van der Waals surface area contributed by atoms with Crippen molar-refractivity contribution in [2.24, 2.45) is 0 Å². The van der Waals surface area contributed by atoms with Crippen LogP contribution in [0, 0.1) is 0 Å². The Bertz CT molecular complexity index is 1660. The molecule has 0 amide bonds. The van der Waals surface area contributed by atoms with E-state index in [1.54, 1.807) is 0 Å². The second kappa shape index (κ2) is 8.98. The zero-order valence-electron chi connectivity index (χ0n) is 23.7. The van der Waals surface area contributed by atoms with Crippen LogP contribution in [0.15, 0.2) is 96.7 Å². The number of benzene rings is 4. The molecular formula is C36H39N2+. The third kappa shape index (κ3) is 3.50. The number of nitrogens with zero attached hydrogens (tertiary/aromatic N) is 2. The van der Waals surface area contributed by atoms with Crippen molar-refractivity contribution in [2.45, 2.75) is 58.8 Å². The summed E-state index contributed by atoms with van der Waals surface area (Å²) in [4.78, 5) is 2.53. The third-order valence-electron chi connectivity index (χ3n) is 8.82. The van der Waals surface area contributed by atoms with Crippen molar-refractivity contribution < 1.29 is 4.58 Å². The van der Waals surface area contributed by atoms with E-state index in [2.05, 4.69) is 142 Å². The number of allylic oxidation sites excluding steroid dienone is 4. The van der Waals surface area contributed by atoms with Crippen LogP contribution in [0.2, 0.25) is 0 Å². The molecule has 2 aliphatic heterocycles. The van der Waals surface area contributed by atoms with E-state index in [-0.39, 0.29) is 10.8 Å². The van der Waals surface area contributed by atoms with Gasteiger partial charge in [-0.3, -0.25) is 0 Å². The van der Waals surface area contributed by atoms with Gasteiger partial charge in [0.05, 0.1) is 16.5 Å². The van der Waals surface area contributed by atoms with Gasteiger partial charge in [-0.05, 0) is 49.2 Å². The molecule has 0 fully saturated rings. The highest BCUT2D eigenvalue weighted by Crippen LogP contribution is 2.50. The molecule has 0 atom stereocenters. The van der Waals surface area contributed by atoms with E-state index in [1.165, 1.54) is 55.5 Å². The molecular weight excluding hydrogens is 460 g/mol. The standard InChI is InChI=1S/C36H39N2/c1-7-24-38-32(36(5,6)30-23-21-26-15-10-12-17-28(26)34(30)38)19-13-18-31-35(3,4)29-22-20-25-14-9-11-16-27(25)33(29)37(31)8-2/h9-23H,7-8,24H2,1-6H3/q+1. The molecule has 4 aromatic rings. The van der Waals surface area contributed by atoms with E-state index in [0.717, 1.165) is 19.5 Å². The Balaban J connectivity index is 1.47. The summed E-state index contributed by atoms with van der Waals surface area (Å²) in [5, 5.41) is 5.31. The lowest BCUT2D eigenvalue weighted by atomic mass is 9.80. The van der Waals surface area contributed by atoms with Gasteiger partial charge in [-0.25, -0.2) is 0 Å². The Kier molecular flexibility index (Phi) is 5.83. The molecule has 0 spiro atoms. The highest BCUT2D eigenvalue weighted by Gasteiger charge is 2.45. The van der Waals surface area contributed by atoms with Crippen molar-refractivity contribution in [3.05, 3.63) is 108 Å². The van der Waals surface area contributed by atoms with Crippen LogP contribution in [0.3, 0.4) is 0 Å². The molecule has 2 heterocycles. The van der Waals surface area contributed by atoms with Gasteiger partial charge in [-0.15, -0.1) is 0 Å². The second-order valence-corrected chi connectivity index (χ2v) is 11.8. The molecule has 0 aliphatic carbocycles. The molecule has 2 nitrogen and oxygen atoms in total. The van der Waals surface area contributed by atoms with E-state index in [4.69, 9.17) is 0 Å². The Hall–Kier alpha value is -3.65. The van der Waals surface area contributed by atoms with Gasteiger partial charge in [0.25, 0.3) is 0 Å². The van der Waals surface area contributed by atoms with Gasteiger partial charge in [-0.1, -0.05) is 93.6 Å². The van der Waals surface area contributed by atoms with Crippen molar-refractivity contribution in [2.75, 3.05) is 18.0 Å². The van der Waals surface area contributed by atoms with Gasteiger partial charge < -0.3 is 4.90 Å². The lowest BCUT2D eigenvalue weighted by Gasteiger charge is -2.26. The minimum atomic E-state index is -0.0577. The first-order chi connectivity index (χ1) is 18.3. The van der Waals surface area contributed by atoms with Crippen LogP contribution in [-0.4, -0.2) is 23.4 Å². The first-order valence-corrected chi connectivity index (χ1v) is 14.2. The maximum absolute atomic E-state index is 2.58. The SMILES string of the molecule is CCC[N+]1=C(C=CC=C2N(CC)c3c(ccc4ccccc34)C2(C)C)C(C)(C)c2ccc3ccccc3c21. The van der Waals surface area contributed by atoms with E-state index in [0.29, 0.717) is 0 Å². The van der Waals surface area contributed by atoms with E-state index in [9.17, 15) is 0 Å². The number of hydrogen-bond donors (Lipinski definition) is 0. The fourth-order valence-corrected chi connectivity index (χ4v) is 6.90. The second-order valence-electron chi connectivity index (χ2n) is 11.8. The fourth-order valence-electron chi connectivity index (χ4n) is 6.90. The van der Waals surface area contributed by atoms with Gasteiger partial charge in [-0.2, -0.15) is 4.58 Å². The van der Waals surface area contributed by atoms with Crippen LogP contribution in [0.25, 0.3) is 21.5 Å². The molecule has 2 heteroatoms. The number of fused-ring (bicyclic) bond motifs is 6. The largest absolute Gasteiger partial charge is 0.344 e. The van der Waals surface area contributed by atoms with Crippen molar-refractivity contribution in [3.8, 4) is 0 Å². The Morgan fingerprint density at radius 1 is 0.737 bits per heavy atom. The maximum Gasteiger partial charge on any atom is 0.217 e.